The van der Waals surface area contributed by atoms with Gasteiger partial charge >= 0.3 is 0 Å². The molecule has 0 radical (unpaired) electrons. The minimum atomic E-state index is -0.227. The average molecular weight is 412 g/mol. The van der Waals surface area contributed by atoms with Gasteiger partial charge in [0.2, 0.25) is 0 Å². The summed E-state index contributed by atoms with van der Waals surface area (Å²) in [5, 5.41) is 1.36. The number of methoxy groups -OCH3 is 1. The molecule has 0 fully saturated rings. The molecule has 156 valence electrons. The van der Waals surface area contributed by atoms with E-state index < -0.39 is 0 Å². The van der Waals surface area contributed by atoms with Crippen LogP contribution in [0.15, 0.2) is 83.7 Å². The van der Waals surface area contributed by atoms with Crippen LogP contribution in [0.5, 0.6) is 5.75 Å². The van der Waals surface area contributed by atoms with E-state index in [2.05, 4.69) is 0 Å². The smallest absolute Gasteiger partial charge is 0.271 e. The highest BCUT2D eigenvalue weighted by molar-refractivity contribution is 6.08. The number of rotatable bonds is 5. The van der Waals surface area contributed by atoms with Gasteiger partial charge in [-0.3, -0.25) is 9.59 Å². The van der Waals surface area contributed by atoms with E-state index in [0.29, 0.717) is 17.6 Å². The standard InChI is InChI=1S/C26H24N2O3/c1-27(17-19-13-7-10-16-22(19)31-3)26(30)24-23(18-11-5-4-6-12-18)20-14-8-9-15-21(20)25(29)28(24)2/h4-16H,17H2,1-3H3. The fourth-order valence-electron chi connectivity index (χ4n) is 3.95. The molecule has 1 aromatic heterocycles. The summed E-state index contributed by atoms with van der Waals surface area (Å²) in [6, 6.07) is 24.8. The predicted octanol–water partition coefficient (Wildman–Crippen LogP) is 4.49. The van der Waals surface area contributed by atoms with Gasteiger partial charge in [-0.05, 0) is 23.1 Å². The molecule has 5 nitrogen and oxygen atoms in total. The molecule has 0 bridgehead atoms. The van der Waals surface area contributed by atoms with Crippen LogP contribution < -0.4 is 10.3 Å². The summed E-state index contributed by atoms with van der Waals surface area (Å²) in [5.41, 5.74) is 2.73. The number of hydrogen-bond acceptors (Lipinski definition) is 3. The number of para-hydroxylation sites is 1. The lowest BCUT2D eigenvalue weighted by Gasteiger charge is -2.23. The van der Waals surface area contributed by atoms with Crippen molar-refractivity contribution >= 4 is 16.7 Å². The van der Waals surface area contributed by atoms with Gasteiger partial charge in [0, 0.05) is 37.2 Å². The zero-order valence-electron chi connectivity index (χ0n) is 17.8. The third-order valence-corrected chi connectivity index (χ3v) is 5.52. The van der Waals surface area contributed by atoms with Crippen molar-refractivity contribution in [1.29, 1.82) is 0 Å². The monoisotopic (exact) mass is 412 g/mol. The van der Waals surface area contributed by atoms with Crippen LogP contribution in [0.25, 0.3) is 21.9 Å². The molecule has 4 aromatic rings. The van der Waals surface area contributed by atoms with Gasteiger partial charge in [-0.1, -0.05) is 66.7 Å². The Morgan fingerprint density at radius 1 is 0.903 bits per heavy atom. The molecule has 1 amide bonds. The lowest BCUT2D eigenvalue weighted by Crippen LogP contribution is -2.33. The number of ether oxygens (including phenoxy) is 1. The Bertz CT molecular complexity index is 1310. The van der Waals surface area contributed by atoms with Crippen molar-refractivity contribution in [3.05, 3.63) is 100 Å². The third-order valence-electron chi connectivity index (χ3n) is 5.52. The van der Waals surface area contributed by atoms with Crippen molar-refractivity contribution in [2.24, 2.45) is 7.05 Å². The van der Waals surface area contributed by atoms with E-state index in [1.165, 1.54) is 4.57 Å². The van der Waals surface area contributed by atoms with Crippen LogP contribution in [0.2, 0.25) is 0 Å². The van der Waals surface area contributed by atoms with Crippen LogP contribution >= 0.6 is 0 Å². The Morgan fingerprint density at radius 2 is 1.52 bits per heavy atom. The van der Waals surface area contributed by atoms with Gasteiger partial charge in [0.1, 0.15) is 11.4 Å². The van der Waals surface area contributed by atoms with Crippen LogP contribution in [0.1, 0.15) is 16.1 Å². The zero-order chi connectivity index (χ0) is 22.0. The minimum Gasteiger partial charge on any atom is -0.496 e. The molecule has 0 spiro atoms. The number of amides is 1. The summed E-state index contributed by atoms with van der Waals surface area (Å²) >= 11 is 0. The van der Waals surface area contributed by atoms with Gasteiger partial charge in [0.05, 0.1) is 7.11 Å². The summed E-state index contributed by atoms with van der Waals surface area (Å²) in [6.07, 6.45) is 0. The number of carbonyl (C=O) groups excluding carboxylic acids is 1. The van der Waals surface area contributed by atoms with Crippen molar-refractivity contribution in [3.63, 3.8) is 0 Å². The Balaban J connectivity index is 1.89. The molecular weight excluding hydrogens is 388 g/mol. The minimum absolute atomic E-state index is 0.190. The molecule has 31 heavy (non-hydrogen) atoms. The molecule has 4 rings (SSSR count). The maximum Gasteiger partial charge on any atom is 0.271 e. The van der Waals surface area contributed by atoms with Gasteiger partial charge in [-0.25, -0.2) is 0 Å². The average Bonchev–Trinajstić information content (AvgIpc) is 2.81. The van der Waals surface area contributed by atoms with E-state index in [0.717, 1.165) is 27.8 Å². The van der Waals surface area contributed by atoms with Crippen LogP contribution in [-0.4, -0.2) is 29.5 Å². The number of aromatic nitrogens is 1. The van der Waals surface area contributed by atoms with E-state index in [4.69, 9.17) is 4.74 Å². The van der Waals surface area contributed by atoms with Crippen molar-refractivity contribution in [2.75, 3.05) is 14.2 Å². The number of nitrogens with zero attached hydrogens (tertiary/aromatic N) is 2. The predicted molar refractivity (Wildman–Crippen MR) is 123 cm³/mol. The van der Waals surface area contributed by atoms with Crippen LogP contribution in [-0.2, 0) is 13.6 Å². The summed E-state index contributed by atoms with van der Waals surface area (Å²) < 4.78 is 6.90. The molecule has 0 aliphatic carbocycles. The molecule has 0 unspecified atom stereocenters. The van der Waals surface area contributed by atoms with E-state index in [1.807, 2.05) is 72.8 Å². The van der Waals surface area contributed by atoms with Crippen molar-refractivity contribution in [1.82, 2.24) is 9.47 Å². The molecule has 0 atom stereocenters. The first-order valence-corrected chi connectivity index (χ1v) is 10.1. The number of carbonyl (C=O) groups is 1. The largest absolute Gasteiger partial charge is 0.496 e. The Hall–Kier alpha value is -3.86. The van der Waals surface area contributed by atoms with Crippen molar-refractivity contribution < 1.29 is 9.53 Å². The van der Waals surface area contributed by atoms with Gasteiger partial charge in [0.25, 0.3) is 11.5 Å². The molecular formula is C26H24N2O3. The second kappa shape index (κ2) is 8.48. The van der Waals surface area contributed by atoms with Crippen molar-refractivity contribution in [2.45, 2.75) is 6.54 Å². The molecule has 0 aliphatic rings. The molecule has 3 aromatic carbocycles. The van der Waals surface area contributed by atoms with Gasteiger partial charge in [-0.2, -0.15) is 0 Å². The summed E-state index contributed by atoms with van der Waals surface area (Å²) in [4.78, 5) is 28.4. The number of pyridine rings is 1. The first kappa shape index (κ1) is 20.4. The Labute approximate surface area is 181 Å². The van der Waals surface area contributed by atoms with Gasteiger partial charge < -0.3 is 14.2 Å². The number of fused-ring (bicyclic) bond motifs is 1. The molecule has 0 saturated carbocycles. The highest BCUT2D eigenvalue weighted by Gasteiger charge is 2.24. The SMILES string of the molecule is COc1ccccc1CN(C)C(=O)c1c(-c2ccccc2)c2ccccc2c(=O)n1C. The quantitative estimate of drug-likeness (QED) is 0.485. The molecule has 5 heteroatoms. The summed E-state index contributed by atoms with van der Waals surface area (Å²) in [5.74, 6) is 0.493. The highest BCUT2D eigenvalue weighted by Crippen LogP contribution is 2.31. The molecule has 0 aliphatic heterocycles. The molecule has 1 heterocycles. The Morgan fingerprint density at radius 3 is 2.23 bits per heavy atom. The first-order chi connectivity index (χ1) is 15.0. The molecule has 0 saturated heterocycles. The van der Waals surface area contributed by atoms with E-state index >= 15 is 0 Å². The first-order valence-electron chi connectivity index (χ1n) is 10.1. The highest BCUT2D eigenvalue weighted by atomic mass is 16.5. The second-order valence-corrected chi connectivity index (χ2v) is 7.47. The fraction of sp³-hybridized carbons (Fsp3) is 0.154. The lowest BCUT2D eigenvalue weighted by molar-refractivity contribution is 0.0774. The normalized spacial score (nSPS) is 10.8. The van der Waals surface area contributed by atoms with Gasteiger partial charge in [0.15, 0.2) is 0 Å². The number of hydrogen-bond donors (Lipinski definition) is 0. The number of benzene rings is 3. The van der Waals surface area contributed by atoms with E-state index in [9.17, 15) is 9.59 Å². The maximum absolute atomic E-state index is 13.7. The second-order valence-electron chi connectivity index (χ2n) is 7.47. The summed E-state index contributed by atoms with van der Waals surface area (Å²) in [7, 11) is 5.01. The maximum atomic E-state index is 13.7. The molecule has 0 N–H and O–H groups in total. The fourth-order valence-corrected chi connectivity index (χ4v) is 3.95. The zero-order valence-corrected chi connectivity index (χ0v) is 17.8. The van der Waals surface area contributed by atoms with E-state index in [1.54, 1.807) is 32.2 Å². The van der Waals surface area contributed by atoms with Crippen LogP contribution in [0.4, 0.5) is 0 Å². The van der Waals surface area contributed by atoms with Gasteiger partial charge in [-0.15, -0.1) is 0 Å². The van der Waals surface area contributed by atoms with Crippen LogP contribution in [0.3, 0.4) is 0 Å². The topological polar surface area (TPSA) is 51.5 Å². The van der Waals surface area contributed by atoms with Crippen LogP contribution in [0, 0.1) is 0 Å². The van der Waals surface area contributed by atoms with Crippen molar-refractivity contribution in [3.8, 4) is 16.9 Å². The summed E-state index contributed by atoms with van der Waals surface area (Å²) in [6.45, 7) is 0.359. The Kier molecular flexibility index (Phi) is 5.58. The lowest BCUT2D eigenvalue weighted by atomic mass is 9.96. The third kappa shape index (κ3) is 3.70. The van der Waals surface area contributed by atoms with E-state index in [-0.39, 0.29) is 11.5 Å².